The van der Waals surface area contributed by atoms with E-state index < -0.39 is 5.97 Å². The molecule has 18 heavy (non-hydrogen) atoms. The summed E-state index contributed by atoms with van der Waals surface area (Å²) in [5.41, 5.74) is 0.525. The van der Waals surface area contributed by atoms with Gasteiger partial charge in [-0.05, 0) is 23.2 Å². The molecule has 0 aliphatic rings. The van der Waals surface area contributed by atoms with E-state index in [9.17, 15) is 4.79 Å². The lowest BCUT2D eigenvalue weighted by molar-refractivity contribution is -0.148. The number of tetrazole rings is 1. The number of carbonyl (C=O) groups is 1. The lowest BCUT2D eigenvalue weighted by atomic mass is 10.3. The van der Waals surface area contributed by atoms with Crippen molar-refractivity contribution in [2.24, 2.45) is 0 Å². The Morgan fingerprint density at radius 3 is 2.83 bits per heavy atom. The molecule has 0 aliphatic carbocycles. The van der Waals surface area contributed by atoms with Crippen molar-refractivity contribution >= 4 is 17.6 Å². The van der Waals surface area contributed by atoms with Gasteiger partial charge in [-0.2, -0.15) is 0 Å². The number of aromatic nitrogens is 6. The van der Waals surface area contributed by atoms with Crippen molar-refractivity contribution in [3.63, 3.8) is 0 Å². The minimum atomic E-state index is -0.422. The van der Waals surface area contributed by atoms with Gasteiger partial charge in [0.25, 0.3) is 0 Å². The molecule has 0 radical (unpaired) electrons. The molecule has 0 N–H and O–H groups in total. The number of hydrogen-bond acceptors (Lipinski definition) is 7. The van der Waals surface area contributed by atoms with Crippen LogP contribution in [0.4, 0.5) is 0 Å². The van der Waals surface area contributed by atoms with Gasteiger partial charge in [0.05, 0.1) is 5.56 Å². The van der Waals surface area contributed by atoms with Crippen LogP contribution in [0.5, 0.6) is 0 Å². The van der Waals surface area contributed by atoms with Crippen LogP contribution in [0.2, 0.25) is 5.28 Å². The van der Waals surface area contributed by atoms with Crippen molar-refractivity contribution in [2.45, 2.75) is 19.8 Å². The third-order valence-electron chi connectivity index (χ3n) is 1.91. The zero-order chi connectivity index (χ0) is 13.0. The summed E-state index contributed by atoms with van der Waals surface area (Å²) in [6.45, 7) is 1.87. The summed E-state index contributed by atoms with van der Waals surface area (Å²) in [6, 6.07) is 0. The van der Waals surface area contributed by atoms with Gasteiger partial charge in [-0.3, -0.25) is 0 Å². The average molecular weight is 269 g/mol. The molecule has 9 heteroatoms. The quantitative estimate of drug-likeness (QED) is 0.590. The standard InChI is InChI=1S/C9H9ClN6O2/c1-2-3-7(17)18-16-14-8(13-15-16)6-4-11-9(10)12-5-6/h4-5H,2-3H2,1H3. The first kappa shape index (κ1) is 12.4. The van der Waals surface area contributed by atoms with E-state index in [0.717, 1.165) is 4.96 Å². The molecule has 94 valence electrons. The summed E-state index contributed by atoms with van der Waals surface area (Å²) in [5.74, 6) is -0.176. The Kier molecular flexibility index (Phi) is 3.78. The highest BCUT2D eigenvalue weighted by Gasteiger charge is 2.10. The summed E-state index contributed by atoms with van der Waals surface area (Å²) in [6.07, 6.45) is 3.88. The van der Waals surface area contributed by atoms with Crippen LogP contribution in [-0.4, -0.2) is 36.3 Å². The van der Waals surface area contributed by atoms with Crippen LogP contribution in [0.25, 0.3) is 11.4 Å². The third-order valence-corrected chi connectivity index (χ3v) is 2.11. The van der Waals surface area contributed by atoms with Gasteiger partial charge in [0.1, 0.15) is 0 Å². The summed E-state index contributed by atoms with van der Waals surface area (Å²) in [7, 11) is 0. The fourth-order valence-electron chi connectivity index (χ4n) is 1.12. The van der Waals surface area contributed by atoms with Gasteiger partial charge in [-0.15, -0.1) is 5.10 Å². The van der Waals surface area contributed by atoms with Crippen molar-refractivity contribution in [3.05, 3.63) is 17.7 Å². The molecular formula is C9H9ClN6O2. The van der Waals surface area contributed by atoms with Crippen LogP contribution >= 0.6 is 11.6 Å². The van der Waals surface area contributed by atoms with Crippen LogP contribution < -0.4 is 4.84 Å². The van der Waals surface area contributed by atoms with Gasteiger partial charge in [0.15, 0.2) is 0 Å². The number of carbonyl (C=O) groups excluding carboxylic acids is 1. The van der Waals surface area contributed by atoms with Crippen molar-refractivity contribution in [2.75, 3.05) is 0 Å². The second-order valence-corrected chi connectivity index (χ2v) is 3.66. The minimum Gasteiger partial charge on any atom is -0.301 e. The molecule has 8 nitrogen and oxygen atoms in total. The predicted molar refractivity (Wildman–Crippen MR) is 60.3 cm³/mol. The van der Waals surface area contributed by atoms with E-state index in [0.29, 0.717) is 18.4 Å². The first-order valence-electron chi connectivity index (χ1n) is 5.18. The normalized spacial score (nSPS) is 10.3. The Morgan fingerprint density at radius 2 is 2.17 bits per heavy atom. The summed E-state index contributed by atoms with van der Waals surface area (Å²) < 4.78 is 0. The lowest BCUT2D eigenvalue weighted by Crippen LogP contribution is -2.21. The van der Waals surface area contributed by atoms with Gasteiger partial charge in [-0.25, -0.2) is 14.8 Å². The van der Waals surface area contributed by atoms with Crippen molar-refractivity contribution in [1.82, 2.24) is 30.3 Å². The number of hydrogen-bond donors (Lipinski definition) is 0. The van der Waals surface area contributed by atoms with E-state index in [1.54, 1.807) is 0 Å². The molecule has 0 unspecified atom stereocenters. The maximum Gasteiger partial charge on any atom is 0.336 e. The average Bonchev–Trinajstić information content (AvgIpc) is 2.78. The maximum atomic E-state index is 11.2. The number of halogens is 1. The first-order valence-corrected chi connectivity index (χ1v) is 5.56. The van der Waals surface area contributed by atoms with Crippen LogP contribution in [0.15, 0.2) is 12.4 Å². The van der Waals surface area contributed by atoms with Crippen molar-refractivity contribution in [1.29, 1.82) is 0 Å². The zero-order valence-corrected chi connectivity index (χ0v) is 10.2. The van der Waals surface area contributed by atoms with Crippen LogP contribution in [0.3, 0.4) is 0 Å². The smallest absolute Gasteiger partial charge is 0.301 e. The van der Waals surface area contributed by atoms with E-state index in [-0.39, 0.29) is 11.1 Å². The molecule has 2 aromatic heterocycles. The monoisotopic (exact) mass is 268 g/mol. The predicted octanol–water partition coefficient (Wildman–Crippen LogP) is 0.539. The number of nitrogens with zero attached hydrogens (tertiary/aromatic N) is 6. The molecule has 0 saturated carbocycles. The third kappa shape index (κ3) is 2.98. The SMILES string of the molecule is CCCC(=O)On1nnc(-c2cnc(Cl)nc2)n1. The summed E-state index contributed by atoms with van der Waals surface area (Å²) in [5, 5.41) is 11.3. The van der Waals surface area contributed by atoms with Gasteiger partial charge in [-0.1, -0.05) is 12.0 Å². The largest absolute Gasteiger partial charge is 0.336 e. The molecule has 2 rings (SSSR count). The Hall–Kier alpha value is -2.09. The molecule has 0 bridgehead atoms. The molecule has 0 amide bonds. The molecule has 0 atom stereocenters. The minimum absolute atomic E-state index is 0.125. The van der Waals surface area contributed by atoms with E-state index in [2.05, 4.69) is 25.4 Å². The first-order chi connectivity index (χ1) is 8.69. The van der Waals surface area contributed by atoms with Crippen LogP contribution in [-0.2, 0) is 4.79 Å². The highest BCUT2D eigenvalue weighted by Crippen LogP contribution is 2.11. The highest BCUT2D eigenvalue weighted by atomic mass is 35.5. The Labute approximate surface area is 107 Å². The highest BCUT2D eigenvalue weighted by molar-refractivity contribution is 6.28. The molecule has 0 spiro atoms. The molecule has 2 aromatic rings. The van der Waals surface area contributed by atoms with Gasteiger partial charge < -0.3 is 4.84 Å². The maximum absolute atomic E-state index is 11.2. The molecule has 2 heterocycles. The van der Waals surface area contributed by atoms with E-state index in [4.69, 9.17) is 16.4 Å². The van der Waals surface area contributed by atoms with Crippen molar-refractivity contribution in [3.8, 4) is 11.4 Å². The van der Waals surface area contributed by atoms with Crippen LogP contribution in [0, 0.1) is 0 Å². The second-order valence-electron chi connectivity index (χ2n) is 3.32. The molecule has 0 aliphatic heterocycles. The molecule has 0 fully saturated rings. The van der Waals surface area contributed by atoms with Gasteiger partial charge >= 0.3 is 5.97 Å². The summed E-state index contributed by atoms with van der Waals surface area (Å²) in [4.78, 5) is 24.4. The topological polar surface area (TPSA) is 95.7 Å². The van der Waals surface area contributed by atoms with Gasteiger partial charge in [0, 0.05) is 23.8 Å². The zero-order valence-electron chi connectivity index (χ0n) is 9.45. The van der Waals surface area contributed by atoms with E-state index in [1.807, 2.05) is 6.92 Å². The van der Waals surface area contributed by atoms with Crippen LogP contribution in [0.1, 0.15) is 19.8 Å². The van der Waals surface area contributed by atoms with E-state index >= 15 is 0 Å². The van der Waals surface area contributed by atoms with Gasteiger partial charge in [0.2, 0.25) is 11.1 Å². The number of rotatable bonds is 4. The molecule has 0 saturated heterocycles. The Bertz CT molecular complexity index is 540. The summed E-state index contributed by atoms with van der Waals surface area (Å²) >= 11 is 5.55. The lowest BCUT2D eigenvalue weighted by Gasteiger charge is -1.97. The Morgan fingerprint density at radius 1 is 1.44 bits per heavy atom. The second kappa shape index (κ2) is 5.50. The van der Waals surface area contributed by atoms with E-state index in [1.165, 1.54) is 12.4 Å². The molecular weight excluding hydrogens is 260 g/mol. The fraction of sp³-hybridized carbons (Fsp3) is 0.333. The fourth-order valence-corrected chi connectivity index (χ4v) is 1.22. The Balaban J connectivity index is 2.10. The van der Waals surface area contributed by atoms with Crippen molar-refractivity contribution < 1.29 is 9.63 Å². The molecule has 0 aromatic carbocycles.